The maximum Gasteiger partial charge on any atom is 0.248 e. The molecule has 0 aliphatic rings. The first kappa shape index (κ1) is 15.3. The molecule has 0 aromatic carbocycles. The number of carbonyl (C=O) groups excluding carboxylic acids is 1. The molecule has 1 unspecified atom stereocenters. The molecule has 0 saturated heterocycles. The zero-order chi connectivity index (χ0) is 15.6. The standard InChI is InChI=1S/C15H22N4O2/c1-10(2)12-17-13(21-18-12)11(3)16-14(20)15(4,5)19-8-6-7-9-19/h6-11H,1-5H3,(H,16,20). The quantitative estimate of drug-likeness (QED) is 0.918. The van der Waals surface area contributed by atoms with Gasteiger partial charge in [-0.15, -0.1) is 0 Å². The lowest BCUT2D eigenvalue weighted by Gasteiger charge is -2.27. The Morgan fingerprint density at radius 1 is 1.29 bits per heavy atom. The zero-order valence-corrected chi connectivity index (χ0v) is 13.1. The number of nitrogens with zero attached hydrogens (tertiary/aromatic N) is 3. The minimum absolute atomic E-state index is 0.101. The van der Waals surface area contributed by atoms with Crippen molar-refractivity contribution in [3.8, 4) is 0 Å². The van der Waals surface area contributed by atoms with Crippen molar-refractivity contribution in [1.82, 2.24) is 20.0 Å². The minimum Gasteiger partial charge on any atom is -0.343 e. The van der Waals surface area contributed by atoms with Crippen molar-refractivity contribution in [2.75, 3.05) is 0 Å². The van der Waals surface area contributed by atoms with Crippen molar-refractivity contribution < 1.29 is 9.32 Å². The van der Waals surface area contributed by atoms with E-state index in [9.17, 15) is 4.79 Å². The van der Waals surface area contributed by atoms with E-state index in [2.05, 4.69) is 15.5 Å². The fraction of sp³-hybridized carbons (Fsp3) is 0.533. The molecular weight excluding hydrogens is 268 g/mol. The fourth-order valence-electron chi connectivity index (χ4n) is 1.92. The van der Waals surface area contributed by atoms with Crippen molar-refractivity contribution in [2.24, 2.45) is 0 Å². The average Bonchev–Trinajstić information content (AvgIpc) is 3.10. The first-order valence-electron chi connectivity index (χ1n) is 7.10. The molecule has 1 amide bonds. The van der Waals surface area contributed by atoms with Crippen molar-refractivity contribution in [3.63, 3.8) is 0 Å². The summed E-state index contributed by atoms with van der Waals surface area (Å²) in [6, 6.07) is 3.46. The Hall–Kier alpha value is -2.11. The van der Waals surface area contributed by atoms with Crippen LogP contribution in [0.3, 0.4) is 0 Å². The third-order valence-corrected chi connectivity index (χ3v) is 3.50. The predicted molar refractivity (Wildman–Crippen MR) is 78.7 cm³/mol. The first-order chi connectivity index (χ1) is 9.82. The average molecular weight is 290 g/mol. The van der Waals surface area contributed by atoms with Crippen LogP contribution < -0.4 is 5.32 Å². The van der Waals surface area contributed by atoms with Crippen LogP contribution in [0, 0.1) is 0 Å². The molecule has 6 heteroatoms. The van der Waals surface area contributed by atoms with Gasteiger partial charge in [0.1, 0.15) is 11.6 Å². The highest BCUT2D eigenvalue weighted by atomic mass is 16.5. The molecular formula is C15H22N4O2. The smallest absolute Gasteiger partial charge is 0.248 e. The summed E-state index contributed by atoms with van der Waals surface area (Å²) in [6.07, 6.45) is 3.74. The van der Waals surface area contributed by atoms with Crippen molar-refractivity contribution in [2.45, 2.75) is 52.1 Å². The van der Waals surface area contributed by atoms with Gasteiger partial charge < -0.3 is 14.4 Å². The number of amides is 1. The Morgan fingerprint density at radius 3 is 2.43 bits per heavy atom. The lowest BCUT2D eigenvalue weighted by atomic mass is 10.0. The monoisotopic (exact) mass is 290 g/mol. The van der Waals surface area contributed by atoms with Gasteiger partial charge in [0.05, 0.1) is 0 Å². The maximum absolute atomic E-state index is 12.5. The lowest BCUT2D eigenvalue weighted by Crippen LogP contribution is -2.44. The van der Waals surface area contributed by atoms with E-state index in [1.54, 1.807) is 0 Å². The molecule has 21 heavy (non-hydrogen) atoms. The largest absolute Gasteiger partial charge is 0.343 e. The Bertz CT molecular complexity index is 599. The molecule has 114 valence electrons. The summed E-state index contributed by atoms with van der Waals surface area (Å²) in [5.74, 6) is 1.17. The number of hydrogen-bond acceptors (Lipinski definition) is 4. The minimum atomic E-state index is -0.682. The molecule has 1 N–H and O–H groups in total. The van der Waals surface area contributed by atoms with Crippen LogP contribution in [0.4, 0.5) is 0 Å². The Morgan fingerprint density at radius 2 is 1.90 bits per heavy atom. The number of hydrogen-bond donors (Lipinski definition) is 1. The van der Waals surface area contributed by atoms with E-state index in [0.717, 1.165) is 0 Å². The molecule has 0 fully saturated rings. The van der Waals surface area contributed by atoms with Gasteiger partial charge in [-0.2, -0.15) is 4.98 Å². The van der Waals surface area contributed by atoms with Crippen LogP contribution in [0.1, 0.15) is 58.3 Å². The van der Waals surface area contributed by atoms with Crippen LogP contribution in [0.25, 0.3) is 0 Å². The Labute approximate surface area is 124 Å². The van der Waals surface area contributed by atoms with Crippen LogP contribution in [0.2, 0.25) is 0 Å². The molecule has 2 heterocycles. The molecule has 2 aromatic rings. The summed E-state index contributed by atoms with van der Waals surface area (Å²) in [5, 5.41) is 6.83. The van der Waals surface area contributed by atoms with Crippen LogP contribution >= 0.6 is 0 Å². The van der Waals surface area contributed by atoms with Gasteiger partial charge in [0.2, 0.25) is 11.8 Å². The summed E-state index contributed by atoms with van der Waals surface area (Å²) in [7, 11) is 0. The summed E-state index contributed by atoms with van der Waals surface area (Å²) in [4.78, 5) is 16.8. The maximum atomic E-state index is 12.5. The van der Waals surface area contributed by atoms with Crippen LogP contribution in [-0.4, -0.2) is 20.6 Å². The molecule has 0 aliphatic heterocycles. The van der Waals surface area contributed by atoms with Crippen molar-refractivity contribution >= 4 is 5.91 Å². The van der Waals surface area contributed by atoms with Gasteiger partial charge in [0, 0.05) is 18.3 Å². The van der Waals surface area contributed by atoms with Crippen LogP contribution in [0.5, 0.6) is 0 Å². The highest BCUT2D eigenvalue weighted by molar-refractivity contribution is 5.83. The van der Waals surface area contributed by atoms with Crippen molar-refractivity contribution in [3.05, 3.63) is 36.2 Å². The van der Waals surface area contributed by atoms with Gasteiger partial charge in [0.15, 0.2) is 5.82 Å². The van der Waals surface area contributed by atoms with E-state index in [-0.39, 0.29) is 17.9 Å². The second kappa shape index (κ2) is 5.71. The third kappa shape index (κ3) is 3.15. The van der Waals surface area contributed by atoms with E-state index >= 15 is 0 Å². The van der Waals surface area contributed by atoms with Crippen LogP contribution in [-0.2, 0) is 10.3 Å². The SMILES string of the molecule is CC(C)c1noc(C(C)NC(=O)C(C)(C)n2cccc2)n1. The molecule has 0 bridgehead atoms. The van der Waals surface area contributed by atoms with Gasteiger partial charge in [-0.3, -0.25) is 4.79 Å². The highest BCUT2D eigenvalue weighted by Crippen LogP contribution is 2.19. The second-order valence-electron chi connectivity index (χ2n) is 5.99. The normalized spacial score (nSPS) is 13.4. The molecule has 2 aromatic heterocycles. The molecule has 0 aliphatic carbocycles. The number of carbonyl (C=O) groups is 1. The van der Waals surface area contributed by atoms with Gasteiger partial charge in [0.25, 0.3) is 0 Å². The summed E-state index contributed by atoms with van der Waals surface area (Å²) in [5.41, 5.74) is -0.682. The number of nitrogens with one attached hydrogen (secondary N) is 1. The number of aromatic nitrogens is 3. The first-order valence-corrected chi connectivity index (χ1v) is 7.10. The van der Waals surface area contributed by atoms with Gasteiger partial charge in [-0.05, 0) is 32.9 Å². The van der Waals surface area contributed by atoms with E-state index in [1.807, 2.05) is 63.7 Å². The molecule has 0 saturated carbocycles. The van der Waals surface area contributed by atoms with Crippen molar-refractivity contribution in [1.29, 1.82) is 0 Å². The third-order valence-electron chi connectivity index (χ3n) is 3.50. The lowest BCUT2D eigenvalue weighted by molar-refractivity contribution is -0.129. The fourth-order valence-corrected chi connectivity index (χ4v) is 1.92. The van der Waals surface area contributed by atoms with E-state index < -0.39 is 5.54 Å². The Kier molecular flexibility index (Phi) is 4.16. The summed E-state index contributed by atoms with van der Waals surface area (Å²) < 4.78 is 7.07. The molecule has 0 radical (unpaired) electrons. The van der Waals surface area contributed by atoms with E-state index in [0.29, 0.717) is 11.7 Å². The van der Waals surface area contributed by atoms with E-state index in [1.165, 1.54) is 0 Å². The van der Waals surface area contributed by atoms with Gasteiger partial charge in [-0.25, -0.2) is 0 Å². The van der Waals surface area contributed by atoms with Crippen LogP contribution in [0.15, 0.2) is 29.0 Å². The van der Waals surface area contributed by atoms with Gasteiger partial charge >= 0.3 is 0 Å². The summed E-state index contributed by atoms with van der Waals surface area (Å²) in [6.45, 7) is 9.55. The molecule has 6 nitrogen and oxygen atoms in total. The van der Waals surface area contributed by atoms with Gasteiger partial charge in [-0.1, -0.05) is 19.0 Å². The summed E-state index contributed by atoms with van der Waals surface area (Å²) >= 11 is 0. The molecule has 1 atom stereocenters. The zero-order valence-electron chi connectivity index (χ0n) is 13.1. The number of rotatable bonds is 5. The molecule has 2 rings (SSSR count). The second-order valence-corrected chi connectivity index (χ2v) is 5.99. The molecule has 0 spiro atoms. The topological polar surface area (TPSA) is 73.0 Å². The van der Waals surface area contributed by atoms with E-state index in [4.69, 9.17) is 4.52 Å². The highest BCUT2D eigenvalue weighted by Gasteiger charge is 2.31. The Balaban J connectivity index is 2.08. The predicted octanol–water partition coefficient (Wildman–Crippen LogP) is 2.61.